The Kier molecular flexibility index (Phi) is 5.94. The summed E-state index contributed by atoms with van der Waals surface area (Å²) in [6.45, 7) is 6.17. The molecule has 0 fully saturated rings. The SMILES string of the molecule is CNCCCCCOc1ccc(C)c(C)c1. The van der Waals surface area contributed by atoms with Crippen LogP contribution in [0.1, 0.15) is 30.4 Å². The van der Waals surface area contributed by atoms with Gasteiger partial charge in [-0.1, -0.05) is 6.07 Å². The number of rotatable bonds is 7. The van der Waals surface area contributed by atoms with Crippen molar-refractivity contribution >= 4 is 0 Å². The number of ether oxygens (including phenoxy) is 1. The van der Waals surface area contributed by atoms with Crippen molar-refractivity contribution in [2.45, 2.75) is 33.1 Å². The largest absolute Gasteiger partial charge is 0.494 e. The van der Waals surface area contributed by atoms with Gasteiger partial charge in [-0.25, -0.2) is 0 Å². The zero-order chi connectivity index (χ0) is 11.8. The van der Waals surface area contributed by atoms with Gasteiger partial charge >= 0.3 is 0 Å². The molecule has 0 amide bonds. The topological polar surface area (TPSA) is 21.3 Å². The molecule has 0 saturated carbocycles. The van der Waals surface area contributed by atoms with E-state index in [0.29, 0.717) is 0 Å². The van der Waals surface area contributed by atoms with Gasteiger partial charge < -0.3 is 10.1 Å². The average molecular weight is 221 g/mol. The first-order valence-electron chi connectivity index (χ1n) is 6.08. The van der Waals surface area contributed by atoms with Gasteiger partial charge in [0.15, 0.2) is 0 Å². The first-order chi connectivity index (χ1) is 7.74. The molecule has 0 atom stereocenters. The van der Waals surface area contributed by atoms with E-state index in [0.717, 1.165) is 25.3 Å². The lowest BCUT2D eigenvalue weighted by molar-refractivity contribution is 0.305. The Morgan fingerprint density at radius 3 is 2.56 bits per heavy atom. The lowest BCUT2D eigenvalue weighted by atomic mass is 10.1. The molecule has 0 heterocycles. The van der Waals surface area contributed by atoms with E-state index >= 15 is 0 Å². The lowest BCUT2D eigenvalue weighted by Crippen LogP contribution is -2.07. The van der Waals surface area contributed by atoms with Gasteiger partial charge in [-0.3, -0.25) is 0 Å². The van der Waals surface area contributed by atoms with E-state index in [-0.39, 0.29) is 0 Å². The standard InChI is InChI=1S/C14H23NO/c1-12-7-8-14(11-13(12)2)16-10-6-4-5-9-15-3/h7-8,11,15H,4-6,9-10H2,1-3H3. The molecule has 1 aromatic carbocycles. The fourth-order valence-electron chi connectivity index (χ4n) is 1.57. The average Bonchev–Trinajstić information content (AvgIpc) is 2.28. The Balaban J connectivity index is 2.19. The second-order valence-corrected chi connectivity index (χ2v) is 4.26. The van der Waals surface area contributed by atoms with Crippen molar-refractivity contribution in [3.63, 3.8) is 0 Å². The van der Waals surface area contributed by atoms with Crippen molar-refractivity contribution in [1.29, 1.82) is 0 Å². The molecular weight excluding hydrogens is 198 g/mol. The van der Waals surface area contributed by atoms with Crippen LogP contribution in [0.4, 0.5) is 0 Å². The molecule has 16 heavy (non-hydrogen) atoms. The van der Waals surface area contributed by atoms with Crippen molar-refractivity contribution in [1.82, 2.24) is 5.32 Å². The van der Waals surface area contributed by atoms with E-state index in [1.54, 1.807) is 0 Å². The van der Waals surface area contributed by atoms with Crippen LogP contribution in [0.15, 0.2) is 18.2 Å². The van der Waals surface area contributed by atoms with Crippen molar-refractivity contribution in [3.8, 4) is 5.75 Å². The molecule has 0 bridgehead atoms. The van der Waals surface area contributed by atoms with Gasteiger partial charge in [-0.05, 0) is 70.0 Å². The van der Waals surface area contributed by atoms with Gasteiger partial charge in [0.05, 0.1) is 6.61 Å². The minimum atomic E-state index is 0.826. The first kappa shape index (κ1) is 13.0. The Labute approximate surface area is 99.0 Å². The van der Waals surface area contributed by atoms with E-state index in [1.807, 2.05) is 7.05 Å². The van der Waals surface area contributed by atoms with Crippen LogP contribution in [-0.2, 0) is 0 Å². The fourth-order valence-corrected chi connectivity index (χ4v) is 1.57. The number of aryl methyl sites for hydroxylation is 2. The molecule has 0 aromatic heterocycles. The molecule has 1 N–H and O–H groups in total. The number of nitrogens with one attached hydrogen (secondary N) is 1. The summed E-state index contributed by atoms with van der Waals surface area (Å²) in [6.07, 6.45) is 3.59. The van der Waals surface area contributed by atoms with Crippen LogP contribution in [0, 0.1) is 13.8 Å². The smallest absolute Gasteiger partial charge is 0.119 e. The summed E-state index contributed by atoms with van der Waals surface area (Å²) in [7, 11) is 1.99. The Morgan fingerprint density at radius 1 is 1.06 bits per heavy atom. The molecule has 0 radical (unpaired) electrons. The van der Waals surface area contributed by atoms with E-state index in [4.69, 9.17) is 4.74 Å². The number of unbranched alkanes of at least 4 members (excludes halogenated alkanes) is 2. The quantitative estimate of drug-likeness (QED) is 0.714. The summed E-state index contributed by atoms with van der Waals surface area (Å²) >= 11 is 0. The normalized spacial score (nSPS) is 10.4. The zero-order valence-electron chi connectivity index (χ0n) is 10.7. The number of hydrogen-bond acceptors (Lipinski definition) is 2. The van der Waals surface area contributed by atoms with Gasteiger partial charge in [-0.2, -0.15) is 0 Å². The van der Waals surface area contributed by atoms with E-state index < -0.39 is 0 Å². The predicted octanol–water partition coefficient (Wildman–Crippen LogP) is 3.07. The molecule has 0 aliphatic heterocycles. The van der Waals surface area contributed by atoms with Gasteiger partial charge in [0.25, 0.3) is 0 Å². The molecular formula is C14H23NO. The highest BCUT2D eigenvalue weighted by Crippen LogP contribution is 2.16. The van der Waals surface area contributed by atoms with Crippen LogP contribution in [0.3, 0.4) is 0 Å². The molecule has 0 aliphatic rings. The van der Waals surface area contributed by atoms with Crippen molar-refractivity contribution in [3.05, 3.63) is 29.3 Å². The summed E-state index contributed by atoms with van der Waals surface area (Å²) in [4.78, 5) is 0. The highest BCUT2D eigenvalue weighted by Gasteiger charge is 1.97. The lowest BCUT2D eigenvalue weighted by Gasteiger charge is -2.08. The Morgan fingerprint density at radius 2 is 1.88 bits per heavy atom. The summed E-state index contributed by atoms with van der Waals surface area (Å²) in [5.74, 6) is 0.997. The van der Waals surface area contributed by atoms with E-state index in [2.05, 4.69) is 37.4 Å². The van der Waals surface area contributed by atoms with E-state index in [9.17, 15) is 0 Å². The maximum atomic E-state index is 5.70. The monoisotopic (exact) mass is 221 g/mol. The minimum Gasteiger partial charge on any atom is -0.494 e. The predicted molar refractivity (Wildman–Crippen MR) is 69.2 cm³/mol. The third kappa shape index (κ3) is 4.67. The van der Waals surface area contributed by atoms with Gasteiger partial charge in [0.1, 0.15) is 5.75 Å². The maximum Gasteiger partial charge on any atom is 0.119 e. The third-order valence-electron chi connectivity index (χ3n) is 2.82. The summed E-state index contributed by atoms with van der Waals surface area (Å²) < 4.78 is 5.70. The molecule has 0 saturated heterocycles. The second-order valence-electron chi connectivity index (χ2n) is 4.26. The highest BCUT2D eigenvalue weighted by atomic mass is 16.5. The maximum absolute atomic E-state index is 5.70. The van der Waals surface area contributed by atoms with E-state index in [1.165, 1.54) is 24.0 Å². The van der Waals surface area contributed by atoms with Crippen LogP contribution in [0.2, 0.25) is 0 Å². The molecule has 0 unspecified atom stereocenters. The Bertz CT molecular complexity index is 310. The van der Waals surface area contributed by atoms with Crippen molar-refractivity contribution in [2.24, 2.45) is 0 Å². The molecule has 2 heteroatoms. The van der Waals surface area contributed by atoms with Crippen LogP contribution in [0.5, 0.6) is 5.75 Å². The third-order valence-corrected chi connectivity index (χ3v) is 2.82. The van der Waals surface area contributed by atoms with Crippen LogP contribution < -0.4 is 10.1 Å². The zero-order valence-corrected chi connectivity index (χ0v) is 10.7. The second kappa shape index (κ2) is 7.29. The summed E-state index contributed by atoms with van der Waals surface area (Å²) in [5, 5.41) is 3.15. The Hall–Kier alpha value is -1.02. The summed E-state index contributed by atoms with van der Waals surface area (Å²) in [6, 6.07) is 6.28. The summed E-state index contributed by atoms with van der Waals surface area (Å²) in [5.41, 5.74) is 2.62. The van der Waals surface area contributed by atoms with Crippen LogP contribution in [-0.4, -0.2) is 20.2 Å². The highest BCUT2D eigenvalue weighted by molar-refractivity contribution is 5.33. The van der Waals surface area contributed by atoms with Crippen molar-refractivity contribution < 1.29 is 4.74 Å². The van der Waals surface area contributed by atoms with Crippen molar-refractivity contribution in [2.75, 3.05) is 20.2 Å². The number of hydrogen-bond donors (Lipinski definition) is 1. The fraction of sp³-hybridized carbons (Fsp3) is 0.571. The molecule has 2 nitrogen and oxygen atoms in total. The molecule has 0 spiro atoms. The van der Waals surface area contributed by atoms with Crippen LogP contribution >= 0.6 is 0 Å². The first-order valence-corrected chi connectivity index (χ1v) is 6.08. The molecule has 1 aromatic rings. The van der Waals surface area contributed by atoms with Gasteiger partial charge in [0.2, 0.25) is 0 Å². The molecule has 1 rings (SSSR count). The minimum absolute atomic E-state index is 0.826. The van der Waals surface area contributed by atoms with Gasteiger partial charge in [-0.15, -0.1) is 0 Å². The van der Waals surface area contributed by atoms with Crippen LogP contribution in [0.25, 0.3) is 0 Å². The molecule has 0 aliphatic carbocycles. The van der Waals surface area contributed by atoms with Gasteiger partial charge in [0, 0.05) is 0 Å². The molecule has 90 valence electrons. The number of benzene rings is 1.